The minimum atomic E-state index is -3.50. The SMILES string of the molecule is CN(C)c1cccc2c(S(=O)(=O)NCCCCC[NH3+])cccc12. The summed E-state index contributed by atoms with van der Waals surface area (Å²) in [6.45, 7) is 1.36. The number of rotatable bonds is 8. The first-order valence-corrected chi connectivity index (χ1v) is 9.43. The van der Waals surface area contributed by atoms with Crippen LogP contribution in [0.15, 0.2) is 41.3 Å². The van der Waals surface area contributed by atoms with Gasteiger partial charge in [0.05, 0.1) is 11.4 Å². The quantitative estimate of drug-likeness (QED) is 0.719. The summed E-state index contributed by atoms with van der Waals surface area (Å²) < 4.78 is 28.0. The van der Waals surface area contributed by atoms with Gasteiger partial charge in [0.15, 0.2) is 0 Å². The van der Waals surface area contributed by atoms with E-state index in [9.17, 15) is 8.42 Å². The maximum Gasteiger partial charge on any atom is 0.241 e. The third-order valence-electron chi connectivity index (χ3n) is 3.85. The van der Waals surface area contributed by atoms with Crippen molar-refractivity contribution in [2.24, 2.45) is 0 Å². The first kappa shape index (κ1) is 17.7. The number of fused-ring (bicyclic) bond motifs is 1. The smallest absolute Gasteiger partial charge is 0.241 e. The Kier molecular flexibility index (Phi) is 5.98. The number of benzene rings is 2. The van der Waals surface area contributed by atoms with Crippen LogP contribution in [0.5, 0.6) is 0 Å². The van der Waals surface area contributed by atoms with Crippen LogP contribution < -0.4 is 15.4 Å². The number of nitrogens with zero attached hydrogens (tertiary/aromatic N) is 1. The van der Waals surface area contributed by atoms with Gasteiger partial charge in [0.2, 0.25) is 10.0 Å². The molecule has 0 unspecified atom stereocenters. The average molecular weight is 336 g/mol. The van der Waals surface area contributed by atoms with Gasteiger partial charge < -0.3 is 10.6 Å². The molecule has 6 heteroatoms. The molecule has 0 spiro atoms. The van der Waals surface area contributed by atoms with Crippen LogP contribution in [0.1, 0.15) is 19.3 Å². The van der Waals surface area contributed by atoms with Crippen LogP contribution in [-0.4, -0.2) is 35.6 Å². The number of nitrogens with one attached hydrogen (secondary N) is 1. The normalized spacial score (nSPS) is 11.8. The van der Waals surface area contributed by atoms with Crippen molar-refractivity contribution in [1.82, 2.24) is 4.72 Å². The lowest BCUT2D eigenvalue weighted by atomic mass is 10.1. The molecule has 4 N–H and O–H groups in total. The third-order valence-corrected chi connectivity index (χ3v) is 5.37. The van der Waals surface area contributed by atoms with Gasteiger partial charge >= 0.3 is 0 Å². The molecule has 0 fully saturated rings. The fourth-order valence-electron chi connectivity index (χ4n) is 2.65. The van der Waals surface area contributed by atoms with Gasteiger partial charge in [-0.2, -0.15) is 0 Å². The van der Waals surface area contributed by atoms with E-state index in [-0.39, 0.29) is 0 Å². The molecule has 126 valence electrons. The topological polar surface area (TPSA) is 77.1 Å². The predicted molar refractivity (Wildman–Crippen MR) is 95.1 cm³/mol. The Balaban J connectivity index is 2.30. The lowest BCUT2D eigenvalue weighted by molar-refractivity contribution is -0.368. The first-order chi connectivity index (χ1) is 11.0. The van der Waals surface area contributed by atoms with Crippen molar-refractivity contribution >= 4 is 26.5 Å². The van der Waals surface area contributed by atoms with E-state index >= 15 is 0 Å². The maximum absolute atomic E-state index is 12.6. The Morgan fingerprint density at radius 3 is 2.39 bits per heavy atom. The Bertz CT molecular complexity index is 758. The maximum atomic E-state index is 12.6. The summed E-state index contributed by atoms with van der Waals surface area (Å²) in [7, 11) is 0.410. The number of hydrogen-bond acceptors (Lipinski definition) is 3. The molecule has 0 amide bonds. The molecule has 0 atom stereocenters. The highest BCUT2D eigenvalue weighted by molar-refractivity contribution is 7.89. The van der Waals surface area contributed by atoms with Crippen molar-refractivity contribution in [3.63, 3.8) is 0 Å². The Morgan fingerprint density at radius 1 is 1.00 bits per heavy atom. The summed E-state index contributed by atoms with van der Waals surface area (Å²) in [5, 5.41) is 1.70. The summed E-state index contributed by atoms with van der Waals surface area (Å²) in [5.41, 5.74) is 4.80. The van der Waals surface area contributed by atoms with E-state index in [0.29, 0.717) is 11.4 Å². The van der Waals surface area contributed by atoms with Crippen LogP contribution in [0.2, 0.25) is 0 Å². The van der Waals surface area contributed by atoms with Crippen molar-refractivity contribution in [3.05, 3.63) is 36.4 Å². The lowest BCUT2D eigenvalue weighted by Gasteiger charge is -2.17. The fraction of sp³-hybridized carbons (Fsp3) is 0.412. The molecule has 0 bridgehead atoms. The Morgan fingerprint density at radius 2 is 1.70 bits per heavy atom. The summed E-state index contributed by atoms with van der Waals surface area (Å²) in [4.78, 5) is 2.33. The minimum Gasteiger partial charge on any atom is -0.377 e. The van der Waals surface area contributed by atoms with Crippen molar-refractivity contribution in [3.8, 4) is 0 Å². The van der Waals surface area contributed by atoms with Gasteiger partial charge in [0, 0.05) is 37.1 Å². The van der Waals surface area contributed by atoms with E-state index in [2.05, 4.69) is 10.5 Å². The molecule has 23 heavy (non-hydrogen) atoms. The monoisotopic (exact) mass is 336 g/mol. The van der Waals surface area contributed by atoms with Gasteiger partial charge in [-0.1, -0.05) is 24.3 Å². The number of hydrogen-bond donors (Lipinski definition) is 2. The molecule has 2 rings (SSSR count). The first-order valence-electron chi connectivity index (χ1n) is 7.95. The second-order valence-corrected chi connectivity index (χ2v) is 7.57. The zero-order valence-corrected chi connectivity index (χ0v) is 14.7. The van der Waals surface area contributed by atoms with Crippen molar-refractivity contribution in [2.75, 3.05) is 32.1 Å². The average Bonchev–Trinajstić information content (AvgIpc) is 2.53. The van der Waals surface area contributed by atoms with Crippen LogP contribution in [0.25, 0.3) is 10.8 Å². The van der Waals surface area contributed by atoms with Gasteiger partial charge in [-0.05, 0) is 31.4 Å². The Hall–Kier alpha value is -1.63. The summed E-state index contributed by atoms with van der Waals surface area (Å²) >= 11 is 0. The largest absolute Gasteiger partial charge is 0.377 e. The van der Waals surface area contributed by atoms with Gasteiger partial charge in [-0.25, -0.2) is 13.1 Å². The molecule has 2 aromatic rings. The van der Waals surface area contributed by atoms with E-state index in [4.69, 9.17) is 0 Å². The molecule has 0 saturated carbocycles. The van der Waals surface area contributed by atoms with E-state index in [1.165, 1.54) is 0 Å². The molecular weight excluding hydrogens is 310 g/mol. The molecule has 0 aliphatic rings. The van der Waals surface area contributed by atoms with Gasteiger partial charge in [-0.15, -0.1) is 0 Å². The molecule has 0 saturated heterocycles. The highest BCUT2D eigenvalue weighted by Crippen LogP contribution is 2.30. The van der Waals surface area contributed by atoms with Gasteiger partial charge in [0.25, 0.3) is 0 Å². The summed E-state index contributed by atoms with van der Waals surface area (Å²) in [6.07, 6.45) is 2.86. The summed E-state index contributed by atoms with van der Waals surface area (Å²) in [6, 6.07) is 11.2. The van der Waals surface area contributed by atoms with Crippen LogP contribution in [-0.2, 0) is 10.0 Å². The zero-order chi connectivity index (χ0) is 16.9. The van der Waals surface area contributed by atoms with Crippen LogP contribution >= 0.6 is 0 Å². The molecule has 0 aromatic heterocycles. The van der Waals surface area contributed by atoms with Gasteiger partial charge in [-0.3, -0.25) is 0 Å². The number of quaternary nitrogens is 1. The van der Waals surface area contributed by atoms with E-state index < -0.39 is 10.0 Å². The van der Waals surface area contributed by atoms with E-state index in [1.54, 1.807) is 12.1 Å². The minimum absolute atomic E-state index is 0.343. The predicted octanol–water partition coefficient (Wildman–Crippen LogP) is 1.60. The Labute approximate surface area is 138 Å². The zero-order valence-electron chi connectivity index (χ0n) is 13.9. The molecule has 0 aliphatic heterocycles. The van der Waals surface area contributed by atoms with Crippen LogP contribution in [0.3, 0.4) is 0 Å². The van der Waals surface area contributed by atoms with E-state index in [0.717, 1.165) is 42.3 Å². The third kappa shape index (κ3) is 4.22. The molecule has 0 aliphatic carbocycles. The second-order valence-electron chi connectivity index (χ2n) is 5.83. The highest BCUT2D eigenvalue weighted by atomic mass is 32.2. The second kappa shape index (κ2) is 7.77. The number of unbranched alkanes of at least 4 members (excludes halogenated alkanes) is 2. The standard InChI is InChI=1S/C17H25N3O2S/c1-20(2)16-10-6-9-15-14(16)8-7-11-17(15)23(21,22)19-13-5-3-4-12-18/h6-11,19H,3-5,12-13,18H2,1-2H3/p+1. The fourth-order valence-corrected chi connectivity index (χ4v) is 3.95. The van der Waals surface area contributed by atoms with Gasteiger partial charge in [0.1, 0.15) is 0 Å². The summed E-state index contributed by atoms with van der Waals surface area (Å²) in [5.74, 6) is 0. The molecule has 0 radical (unpaired) electrons. The van der Waals surface area contributed by atoms with Crippen LogP contribution in [0.4, 0.5) is 5.69 Å². The number of anilines is 1. The van der Waals surface area contributed by atoms with E-state index in [1.807, 2.05) is 43.3 Å². The lowest BCUT2D eigenvalue weighted by Crippen LogP contribution is -2.50. The molecular formula is C17H26N3O2S+. The van der Waals surface area contributed by atoms with Crippen molar-refractivity contribution in [2.45, 2.75) is 24.2 Å². The van der Waals surface area contributed by atoms with Crippen LogP contribution in [0, 0.1) is 0 Å². The van der Waals surface area contributed by atoms with Crippen molar-refractivity contribution in [1.29, 1.82) is 0 Å². The highest BCUT2D eigenvalue weighted by Gasteiger charge is 2.17. The van der Waals surface area contributed by atoms with Crippen molar-refractivity contribution < 1.29 is 14.2 Å². The molecule has 2 aromatic carbocycles. The number of sulfonamides is 1. The molecule has 0 heterocycles. The molecule has 5 nitrogen and oxygen atoms in total.